The van der Waals surface area contributed by atoms with Gasteiger partial charge in [-0.2, -0.15) is 4.98 Å². The van der Waals surface area contributed by atoms with Crippen molar-refractivity contribution >= 4 is 33.4 Å². The molecule has 0 aliphatic heterocycles. The summed E-state index contributed by atoms with van der Waals surface area (Å²) in [5.41, 5.74) is 2.15. The number of halogens is 1. The van der Waals surface area contributed by atoms with Crippen LogP contribution in [0.2, 0.25) is 0 Å². The second-order valence-electron chi connectivity index (χ2n) is 6.49. The molecular weight excluding hydrogens is 366 g/mol. The third kappa shape index (κ3) is 5.18. The first-order chi connectivity index (χ1) is 11.6. The Bertz CT molecular complexity index is 685. The molecular formula is C18H24BrN5. The Balaban J connectivity index is 1.70. The van der Waals surface area contributed by atoms with E-state index in [0.29, 0.717) is 5.92 Å². The van der Waals surface area contributed by atoms with Crippen molar-refractivity contribution in [1.82, 2.24) is 14.9 Å². The quantitative estimate of drug-likeness (QED) is 0.661. The number of nitrogens with one attached hydrogen (secondary N) is 2. The molecule has 5 nitrogen and oxygen atoms in total. The molecule has 0 unspecified atom stereocenters. The van der Waals surface area contributed by atoms with Crippen molar-refractivity contribution < 1.29 is 0 Å². The normalized spacial score (nSPS) is 14.0. The lowest BCUT2D eigenvalue weighted by molar-refractivity contribution is 0.405. The standard InChI is InChI=1S/C18H24BrN5/c1-24(2)10-4-9-20-18-22-16(13-7-8-13)12-17(23-18)21-15-6-3-5-14(19)11-15/h3,5-6,11-13H,4,7-10H2,1-2H3,(H2,20,21,22,23). The molecule has 1 heterocycles. The smallest absolute Gasteiger partial charge is 0.224 e. The van der Waals surface area contributed by atoms with Gasteiger partial charge in [0.2, 0.25) is 5.95 Å². The van der Waals surface area contributed by atoms with E-state index in [0.717, 1.165) is 47.1 Å². The fourth-order valence-electron chi connectivity index (χ4n) is 2.51. The van der Waals surface area contributed by atoms with Gasteiger partial charge < -0.3 is 15.5 Å². The van der Waals surface area contributed by atoms with Crippen LogP contribution in [0.4, 0.5) is 17.5 Å². The molecule has 0 radical (unpaired) electrons. The highest BCUT2D eigenvalue weighted by molar-refractivity contribution is 9.10. The Hall–Kier alpha value is -1.66. The molecule has 1 saturated carbocycles. The van der Waals surface area contributed by atoms with Gasteiger partial charge in [0.1, 0.15) is 5.82 Å². The SMILES string of the molecule is CN(C)CCCNc1nc(Nc2cccc(Br)c2)cc(C2CC2)n1. The first-order valence-electron chi connectivity index (χ1n) is 8.40. The van der Waals surface area contributed by atoms with E-state index in [2.05, 4.69) is 61.6 Å². The van der Waals surface area contributed by atoms with E-state index in [-0.39, 0.29) is 0 Å². The molecule has 0 spiro atoms. The molecule has 6 heteroatoms. The fourth-order valence-corrected chi connectivity index (χ4v) is 2.91. The van der Waals surface area contributed by atoms with Gasteiger partial charge in [0, 0.05) is 28.7 Å². The third-order valence-electron chi connectivity index (χ3n) is 3.90. The van der Waals surface area contributed by atoms with Crippen LogP contribution < -0.4 is 10.6 Å². The Morgan fingerprint density at radius 1 is 1.21 bits per heavy atom. The molecule has 2 N–H and O–H groups in total. The van der Waals surface area contributed by atoms with Crippen molar-refractivity contribution in [1.29, 1.82) is 0 Å². The van der Waals surface area contributed by atoms with Crippen LogP contribution in [0.3, 0.4) is 0 Å². The zero-order valence-electron chi connectivity index (χ0n) is 14.2. The first kappa shape index (κ1) is 17.2. The lowest BCUT2D eigenvalue weighted by atomic mass is 10.2. The van der Waals surface area contributed by atoms with E-state index < -0.39 is 0 Å². The number of hydrogen-bond acceptors (Lipinski definition) is 5. The lowest BCUT2D eigenvalue weighted by Crippen LogP contribution is -2.17. The van der Waals surface area contributed by atoms with Crippen LogP contribution in [0.25, 0.3) is 0 Å². The van der Waals surface area contributed by atoms with E-state index in [9.17, 15) is 0 Å². The Kier molecular flexibility index (Phi) is 5.68. The molecule has 0 amide bonds. The van der Waals surface area contributed by atoms with E-state index >= 15 is 0 Å². The average Bonchev–Trinajstić information content (AvgIpc) is 3.36. The second kappa shape index (κ2) is 7.94. The number of rotatable bonds is 8. The van der Waals surface area contributed by atoms with Crippen molar-refractivity contribution in [2.75, 3.05) is 37.8 Å². The monoisotopic (exact) mass is 389 g/mol. The van der Waals surface area contributed by atoms with Gasteiger partial charge in [0.15, 0.2) is 0 Å². The number of aromatic nitrogens is 2. The maximum absolute atomic E-state index is 4.69. The van der Waals surface area contributed by atoms with E-state index in [4.69, 9.17) is 0 Å². The molecule has 1 aliphatic rings. The minimum absolute atomic E-state index is 0.596. The summed E-state index contributed by atoms with van der Waals surface area (Å²) in [4.78, 5) is 11.5. The first-order valence-corrected chi connectivity index (χ1v) is 9.19. The fraction of sp³-hybridized carbons (Fsp3) is 0.444. The zero-order chi connectivity index (χ0) is 16.9. The predicted molar refractivity (Wildman–Crippen MR) is 103 cm³/mol. The zero-order valence-corrected chi connectivity index (χ0v) is 15.8. The number of anilines is 3. The van der Waals surface area contributed by atoms with Gasteiger partial charge in [-0.05, 0) is 58.1 Å². The topological polar surface area (TPSA) is 53.1 Å². The molecule has 0 saturated heterocycles. The molecule has 0 atom stereocenters. The van der Waals surface area contributed by atoms with Crippen molar-refractivity contribution in [2.45, 2.75) is 25.2 Å². The van der Waals surface area contributed by atoms with Crippen LogP contribution in [0.5, 0.6) is 0 Å². The summed E-state index contributed by atoms with van der Waals surface area (Å²) in [6.45, 7) is 1.93. The lowest BCUT2D eigenvalue weighted by Gasteiger charge is -2.12. The molecule has 1 aromatic heterocycles. The molecule has 24 heavy (non-hydrogen) atoms. The van der Waals surface area contributed by atoms with Crippen LogP contribution in [0.15, 0.2) is 34.8 Å². The minimum Gasteiger partial charge on any atom is -0.354 e. The molecule has 2 aromatic rings. The Morgan fingerprint density at radius 3 is 2.75 bits per heavy atom. The van der Waals surface area contributed by atoms with Crippen LogP contribution in [-0.4, -0.2) is 42.1 Å². The van der Waals surface area contributed by atoms with Gasteiger partial charge in [-0.1, -0.05) is 22.0 Å². The summed E-state index contributed by atoms with van der Waals surface area (Å²) in [5, 5.41) is 6.75. The summed E-state index contributed by atoms with van der Waals surface area (Å²) < 4.78 is 1.05. The Morgan fingerprint density at radius 2 is 2.04 bits per heavy atom. The largest absolute Gasteiger partial charge is 0.354 e. The average molecular weight is 390 g/mol. The van der Waals surface area contributed by atoms with Gasteiger partial charge in [0.05, 0.1) is 5.69 Å². The number of benzene rings is 1. The summed E-state index contributed by atoms with van der Waals surface area (Å²) >= 11 is 3.50. The highest BCUT2D eigenvalue weighted by Crippen LogP contribution is 2.40. The highest BCUT2D eigenvalue weighted by atomic mass is 79.9. The van der Waals surface area contributed by atoms with E-state index in [1.54, 1.807) is 0 Å². The van der Waals surface area contributed by atoms with Crippen LogP contribution >= 0.6 is 15.9 Å². The van der Waals surface area contributed by atoms with E-state index in [1.165, 1.54) is 12.8 Å². The van der Waals surface area contributed by atoms with Gasteiger partial charge in [-0.25, -0.2) is 4.98 Å². The summed E-state index contributed by atoms with van der Waals surface area (Å²) in [5.74, 6) is 2.16. The highest BCUT2D eigenvalue weighted by Gasteiger charge is 2.26. The van der Waals surface area contributed by atoms with Crippen molar-refractivity contribution in [2.24, 2.45) is 0 Å². The van der Waals surface area contributed by atoms with Gasteiger partial charge >= 0.3 is 0 Å². The maximum Gasteiger partial charge on any atom is 0.224 e. The molecule has 0 bridgehead atoms. The minimum atomic E-state index is 0.596. The van der Waals surface area contributed by atoms with Crippen LogP contribution in [0, 0.1) is 0 Å². The molecule has 3 rings (SSSR count). The number of nitrogens with zero attached hydrogens (tertiary/aromatic N) is 3. The van der Waals surface area contributed by atoms with Crippen molar-refractivity contribution in [3.05, 3.63) is 40.5 Å². The molecule has 128 valence electrons. The molecule has 1 fully saturated rings. The summed E-state index contributed by atoms with van der Waals surface area (Å²) in [6.07, 6.45) is 3.53. The maximum atomic E-state index is 4.69. The predicted octanol–water partition coefficient (Wildman–Crippen LogP) is 4.22. The summed E-state index contributed by atoms with van der Waals surface area (Å²) in [7, 11) is 4.18. The second-order valence-corrected chi connectivity index (χ2v) is 7.41. The molecule has 1 aliphatic carbocycles. The molecule has 1 aromatic carbocycles. The van der Waals surface area contributed by atoms with Crippen molar-refractivity contribution in [3.8, 4) is 0 Å². The van der Waals surface area contributed by atoms with Crippen LogP contribution in [-0.2, 0) is 0 Å². The van der Waals surface area contributed by atoms with Gasteiger partial charge in [0.25, 0.3) is 0 Å². The van der Waals surface area contributed by atoms with Crippen molar-refractivity contribution in [3.63, 3.8) is 0 Å². The van der Waals surface area contributed by atoms with Gasteiger partial charge in [-0.3, -0.25) is 0 Å². The summed E-state index contributed by atoms with van der Waals surface area (Å²) in [6, 6.07) is 10.2. The van der Waals surface area contributed by atoms with Crippen LogP contribution in [0.1, 0.15) is 30.9 Å². The Labute approximate surface area is 152 Å². The van der Waals surface area contributed by atoms with E-state index in [1.807, 2.05) is 24.3 Å². The number of hydrogen-bond donors (Lipinski definition) is 2. The third-order valence-corrected chi connectivity index (χ3v) is 4.40. The van der Waals surface area contributed by atoms with Gasteiger partial charge in [-0.15, -0.1) is 0 Å².